The highest BCUT2D eigenvalue weighted by Crippen LogP contribution is 2.29. The van der Waals surface area contributed by atoms with Crippen molar-refractivity contribution < 1.29 is 13.7 Å². The van der Waals surface area contributed by atoms with Gasteiger partial charge in [0.05, 0.1) is 0 Å². The van der Waals surface area contributed by atoms with Gasteiger partial charge in [0.25, 0.3) is 11.8 Å². The van der Waals surface area contributed by atoms with E-state index in [9.17, 15) is 4.79 Å². The van der Waals surface area contributed by atoms with Gasteiger partial charge in [0.1, 0.15) is 11.5 Å². The summed E-state index contributed by atoms with van der Waals surface area (Å²) in [4.78, 5) is 18.6. The molecule has 0 bridgehead atoms. The zero-order valence-corrected chi connectivity index (χ0v) is 15.2. The van der Waals surface area contributed by atoms with Crippen molar-refractivity contribution in [3.63, 3.8) is 0 Å². The van der Waals surface area contributed by atoms with Gasteiger partial charge in [-0.2, -0.15) is 0 Å². The number of likely N-dealkylation sites (tertiary alicyclic amines) is 1. The minimum Gasteiger partial charge on any atom is -0.419 e. The number of nitrogens with zero attached hydrogens (tertiary/aromatic N) is 5. The zero-order valence-electron chi connectivity index (χ0n) is 15.2. The van der Waals surface area contributed by atoms with Crippen LogP contribution in [0.1, 0.15) is 54.2 Å². The molecule has 4 heterocycles. The van der Waals surface area contributed by atoms with Gasteiger partial charge in [-0.15, -0.1) is 10.2 Å². The van der Waals surface area contributed by atoms with Crippen LogP contribution in [0.2, 0.25) is 0 Å². The Balaban J connectivity index is 1.37. The fourth-order valence-corrected chi connectivity index (χ4v) is 3.26. The summed E-state index contributed by atoms with van der Waals surface area (Å²) >= 11 is 0. The van der Waals surface area contributed by atoms with Gasteiger partial charge < -0.3 is 13.8 Å². The molecule has 0 spiro atoms. The third-order valence-electron chi connectivity index (χ3n) is 4.73. The molecular formula is C19H21N5O3. The third-order valence-corrected chi connectivity index (χ3v) is 4.73. The molecule has 140 valence electrons. The van der Waals surface area contributed by atoms with Crippen molar-refractivity contribution in [2.75, 3.05) is 13.1 Å². The summed E-state index contributed by atoms with van der Waals surface area (Å²) < 4.78 is 11.0. The molecule has 0 unspecified atom stereocenters. The van der Waals surface area contributed by atoms with E-state index in [0.29, 0.717) is 36.3 Å². The number of piperidine rings is 1. The standard InChI is InChI=1S/C19H21N5O3/c1-2-5-14-12-16(23-27-14)19(25)24-10-7-13(8-11-24)17-21-22-18(26-17)15-6-3-4-9-20-15/h3-4,6,9,12-13H,2,5,7-8,10-11H2,1H3. The second-order valence-corrected chi connectivity index (χ2v) is 6.66. The zero-order chi connectivity index (χ0) is 18.6. The van der Waals surface area contributed by atoms with Crippen molar-refractivity contribution >= 4 is 5.91 Å². The minimum absolute atomic E-state index is 0.0840. The van der Waals surface area contributed by atoms with E-state index in [0.717, 1.165) is 31.4 Å². The molecule has 3 aromatic rings. The average molecular weight is 367 g/mol. The highest BCUT2D eigenvalue weighted by molar-refractivity contribution is 5.92. The monoisotopic (exact) mass is 367 g/mol. The van der Waals surface area contributed by atoms with E-state index in [-0.39, 0.29) is 11.8 Å². The van der Waals surface area contributed by atoms with E-state index >= 15 is 0 Å². The summed E-state index contributed by atoms with van der Waals surface area (Å²) in [7, 11) is 0. The number of amides is 1. The van der Waals surface area contributed by atoms with E-state index < -0.39 is 0 Å². The van der Waals surface area contributed by atoms with Crippen molar-refractivity contribution in [3.05, 3.63) is 47.8 Å². The number of aromatic nitrogens is 4. The summed E-state index contributed by atoms with van der Waals surface area (Å²) in [5.74, 6) is 1.85. The molecule has 1 saturated heterocycles. The first-order valence-electron chi connectivity index (χ1n) is 9.24. The van der Waals surface area contributed by atoms with E-state index in [1.807, 2.05) is 18.2 Å². The second kappa shape index (κ2) is 7.69. The van der Waals surface area contributed by atoms with Crippen molar-refractivity contribution in [1.29, 1.82) is 0 Å². The Bertz CT molecular complexity index is 897. The van der Waals surface area contributed by atoms with E-state index in [2.05, 4.69) is 27.3 Å². The van der Waals surface area contributed by atoms with Crippen LogP contribution >= 0.6 is 0 Å². The van der Waals surface area contributed by atoms with Crippen LogP contribution in [0.4, 0.5) is 0 Å². The molecule has 8 nitrogen and oxygen atoms in total. The number of carbonyl (C=O) groups is 1. The molecule has 4 rings (SSSR count). The van der Waals surface area contributed by atoms with Gasteiger partial charge in [0.2, 0.25) is 5.89 Å². The molecule has 1 amide bonds. The van der Waals surface area contributed by atoms with Crippen LogP contribution in [0.3, 0.4) is 0 Å². The summed E-state index contributed by atoms with van der Waals surface area (Å²) in [5.41, 5.74) is 1.05. The number of carbonyl (C=O) groups excluding carboxylic acids is 1. The van der Waals surface area contributed by atoms with E-state index in [1.54, 1.807) is 17.2 Å². The van der Waals surface area contributed by atoms with Crippen LogP contribution in [0.25, 0.3) is 11.6 Å². The van der Waals surface area contributed by atoms with Crippen LogP contribution < -0.4 is 0 Å². The molecule has 0 saturated carbocycles. The summed E-state index contributed by atoms with van der Waals surface area (Å²) in [6, 6.07) is 7.30. The van der Waals surface area contributed by atoms with Crippen molar-refractivity contribution in [2.45, 2.75) is 38.5 Å². The number of aryl methyl sites for hydroxylation is 1. The Morgan fingerprint density at radius 2 is 2.11 bits per heavy atom. The largest absolute Gasteiger partial charge is 0.419 e. The highest BCUT2D eigenvalue weighted by Gasteiger charge is 2.29. The smallest absolute Gasteiger partial charge is 0.276 e. The van der Waals surface area contributed by atoms with Crippen LogP contribution in [0, 0.1) is 0 Å². The number of rotatable bonds is 5. The van der Waals surface area contributed by atoms with Crippen molar-refractivity contribution in [3.8, 4) is 11.6 Å². The Morgan fingerprint density at radius 1 is 1.26 bits per heavy atom. The summed E-state index contributed by atoms with van der Waals surface area (Å²) in [6.07, 6.45) is 4.99. The third kappa shape index (κ3) is 3.74. The molecule has 0 aliphatic carbocycles. The van der Waals surface area contributed by atoms with Gasteiger partial charge in [0, 0.05) is 37.7 Å². The minimum atomic E-state index is -0.0840. The first-order valence-corrected chi connectivity index (χ1v) is 9.24. The maximum atomic E-state index is 12.6. The fourth-order valence-electron chi connectivity index (χ4n) is 3.26. The molecule has 8 heteroatoms. The molecule has 0 N–H and O–H groups in total. The molecule has 3 aromatic heterocycles. The SMILES string of the molecule is CCCc1cc(C(=O)N2CCC(c3nnc(-c4ccccn4)o3)CC2)no1. The van der Waals surface area contributed by atoms with E-state index in [4.69, 9.17) is 8.94 Å². The molecule has 1 fully saturated rings. The first-order chi connectivity index (χ1) is 13.2. The van der Waals surface area contributed by atoms with Gasteiger partial charge in [0.15, 0.2) is 5.69 Å². The number of hydrogen-bond acceptors (Lipinski definition) is 7. The lowest BCUT2D eigenvalue weighted by Crippen LogP contribution is -2.38. The van der Waals surface area contributed by atoms with Gasteiger partial charge in [-0.1, -0.05) is 18.1 Å². The van der Waals surface area contributed by atoms with Crippen LogP contribution in [0.15, 0.2) is 39.4 Å². The maximum absolute atomic E-state index is 12.6. The Labute approximate surface area is 156 Å². The summed E-state index contributed by atoms with van der Waals surface area (Å²) in [5, 5.41) is 12.2. The molecule has 27 heavy (non-hydrogen) atoms. The van der Waals surface area contributed by atoms with Gasteiger partial charge in [-0.3, -0.25) is 9.78 Å². The Kier molecular flexibility index (Phi) is 4.95. The van der Waals surface area contributed by atoms with Crippen LogP contribution in [-0.4, -0.2) is 44.2 Å². The van der Waals surface area contributed by atoms with Crippen LogP contribution in [0.5, 0.6) is 0 Å². The topological polar surface area (TPSA) is 98.2 Å². The number of pyridine rings is 1. The Morgan fingerprint density at radius 3 is 2.85 bits per heavy atom. The fraction of sp³-hybridized carbons (Fsp3) is 0.421. The second-order valence-electron chi connectivity index (χ2n) is 6.66. The van der Waals surface area contributed by atoms with E-state index in [1.165, 1.54) is 0 Å². The van der Waals surface area contributed by atoms with Gasteiger partial charge in [-0.05, 0) is 31.4 Å². The van der Waals surface area contributed by atoms with Crippen LogP contribution in [-0.2, 0) is 6.42 Å². The predicted octanol–water partition coefficient (Wildman–Crippen LogP) is 3.09. The average Bonchev–Trinajstić information content (AvgIpc) is 3.39. The maximum Gasteiger partial charge on any atom is 0.276 e. The number of hydrogen-bond donors (Lipinski definition) is 0. The molecule has 1 aliphatic heterocycles. The quantitative estimate of drug-likeness (QED) is 0.683. The molecule has 0 radical (unpaired) electrons. The molecule has 0 aromatic carbocycles. The lowest BCUT2D eigenvalue weighted by molar-refractivity contribution is 0.0696. The van der Waals surface area contributed by atoms with Gasteiger partial charge >= 0.3 is 0 Å². The van der Waals surface area contributed by atoms with Crippen molar-refractivity contribution in [1.82, 2.24) is 25.2 Å². The molecular weight excluding hydrogens is 346 g/mol. The first kappa shape index (κ1) is 17.4. The normalized spacial score (nSPS) is 15.2. The highest BCUT2D eigenvalue weighted by atomic mass is 16.5. The molecule has 1 aliphatic rings. The predicted molar refractivity (Wildman–Crippen MR) is 95.9 cm³/mol. The lowest BCUT2D eigenvalue weighted by atomic mass is 9.96. The molecule has 0 atom stereocenters. The van der Waals surface area contributed by atoms with Gasteiger partial charge in [-0.25, -0.2) is 0 Å². The Hall–Kier alpha value is -3.03. The lowest BCUT2D eigenvalue weighted by Gasteiger charge is -2.29. The summed E-state index contributed by atoms with van der Waals surface area (Å²) in [6.45, 7) is 3.31. The van der Waals surface area contributed by atoms with Crippen molar-refractivity contribution in [2.24, 2.45) is 0 Å².